The molecule has 178 valence electrons. The van der Waals surface area contributed by atoms with Gasteiger partial charge in [-0.05, 0) is 48.4 Å². The number of rotatable bonds is 7. The highest BCUT2D eigenvalue weighted by atomic mass is 19.2. The number of amides is 2. The second kappa shape index (κ2) is 9.17. The monoisotopic (exact) mass is 476 g/mol. The third-order valence-electron chi connectivity index (χ3n) is 6.05. The van der Waals surface area contributed by atoms with E-state index in [0.717, 1.165) is 34.5 Å². The van der Waals surface area contributed by atoms with Crippen molar-refractivity contribution in [3.63, 3.8) is 0 Å². The summed E-state index contributed by atoms with van der Waals surface area (Å²) in [6.45, 7) is 0.385. The first-order valence-corrected chi connectivity index (χ1v) is 11.1. The maximum absolute atomic E-state index is 13.5. The number of carbonyl (C=O) groups is 2. The van der Waals surface area contributed by atoms with Crippen LogP contribution >= 0.6 is 0 Å². The number of anilines is 2. The standard InChI is InChI=1S/C26H22F2N4O3/c1-35-18-9-6-16(7-10-18)12-13-31-25(34)23(32-22-5-3-2-4-21(22)30-26(31)32)15-24(33)29-17-8-11-19(27)20(28)14-17/h2-11,14,23H,12-13,15H2,1H3,(H,29,33)/t23-/m0/s1. The molecule has 0 saturated carbocycles. The minimum atomic E-state index is -1.06. The molecule has 1 aliphatic heterocycles. The molecular weight excluding hydrogens is 454 g/mol. The van der Waals surface area contributed by atoms with Crippen molar-refractivity contribution in [3.05, 3.63) is 83.9 Å². The van der Waals surface area contributed by atoms with E-state index in [2.05, 4.69) is 10.3 Å². The fourth-order valence-corrected chi connectivity index (χ4v) is 4.30. The Morgan fingerprint density at radius 3 is 2.57 bits per heavy atom. The van der Waals surface area contributed by atoms with Gasteiger partial charge in [-0.25, -0.2) is 13.8 Å². The summed E-state index contributed by atoms with van der Waals surface area (Å²) in [4.78, 5) is 32.5. The van der Waals surface area contributed by atoms with E-state index in [4.69, 9.17) is 4.74 Å². The van der Waals surface area contributed by atoms with Crippen LogP contribution in [0, 0.1) is 11.6 Å². The Bertz CT molecular complexity index is 1420. The summed E-state index contributed by atoms with van der Waals surface area (Å²) in [7, 11) is 1.60. The number of imidazole rings is 1. The van der Waals surface area contributed by atoms with E-state index >= 15 is 0 Å². The zero-order chi connectivity index (χ0) is 24.5. The van der Waals surface area contributed by atoms with Crippen LogP contribution < -0.4 is 15.0 Å². The lowest BCUT2D eigenvalue weighted by Crippen LogP contribution is -2.33. The van der Waals surface area contributed by atoms with Crippen molar-refractivity contribution < 1.29 is 23.1 Å². The molecule has 4 aromatic rings. The number of carbonyl (C=O) groups excluding carboxylic acids is 2. The number of nitrogens with one attached hydrogen (secondary N) is 1. The van der Waals surface area contributed by atoms with Gasteiger partial charge in [-0.1, -0.05) is 24.3 Å². The molecular formula is C26H22F2N4O3. The summed E-state index contributed by atoms with van der Waals surface area (Å²) in [5.41, 5.74) is 2.61. The molecule has 0 saturated heterocycles. The molecule has 3 aromatic carbocycles. The molecule has 0 spiro atoms. The quantitative estimate of drug-likeness (QED) is 0.427. The third kappa shape index (κ3) is 4.32. The number of aromatic nitrogens is 2. The summed E-state index contributed by atoms with van der Waals surface area (Å²) in [5, 5.41) is 2.55. The fraction of sp³-hybridized carbons (Fsp3) is 0.192. The van der Waals surface area contributed by atoms with Gasteiger partial charge in [-0.15, -0.1) is 0 Å². The lowest BCUT2D eigenvalue weighted by Gasteiger charge is -2.16. The van der Waals surface area contributed by atoms with E-state index in [-0.39, 0.29) is 18.0 Å². The second-order valence-electron chi connectivity index (χ2n) is 8.26. The average molecular weight is 476 g/mol. The third-order valence-corrected chi connectivity index (χ3v) is 6.05. The van der Waals surface area contributed by atoms with Crippen LogP contribution in [0.1, 0.15) is 18.0 Å². The molecule has 9 heteroatoms. The Kier molecular flexibility index (Phi) is 5.90. The van der Waals surface area contributed by atoms with Crippen molar-refractivity contribution >= 4 is 34.5 Å². The van der Waals surface area contributed by atoms with Crippen LogP contribution in [-0.4, -0.2) is 35.0 Å². The molecule has 1 atom stereocenters. The zero-order valence-corrected chi connectivity index (χ0v) is 18.9. The number of halogens is 2. The molecule has 0 unspecified atom stereocenters. The molecule has 1 aromatic heterocycles. The van der Waals surface area contributed by atoms with E-state index in [1.165, 1.54) is 6.07 Å². The Morgan fingerprint density at radius 2 is 1.83 bits per heavy atom. The van der Waals surface area contributed by atoms with Crippen molar-refractivity contribution in [2.24, 2.45) is 0 Å². The van der Waals surface area contributed by atoms with E-state index in [9.17, 15) is 18.4 Å². The fourth-order valence-electron chi connectivity index (χ4n) is 4.30. The van der Waals surface area contributed by atoms with Gasteiger partial charge >= 0.3 is 0 Å². The van der Waals surface area contributed by atoms with Crippen molar-refractivity contribution in [1.29, 1.82) is 0 Å². The Labute approximate surface area is 199 Å². The van der Waals surface area contributed by atoms with E-state index in [1.54, 1.807) is 16.6 Å². The van der Waals surface area contributed by atoms with Crippen LogP contribution in [0.5, 0.6) is 5.75 Å². The maximum atomic E-state index is 13.5. The average Bonchev–Trinajstić information content (AvgIpc) is 3.35. The number of fused-ring (bicyclic) bond motifs is 3. The number of nitrogens with zero attached hydrogens (tertiary/aromatic N) is 3. The summed E-state index contributed by atoms with van der Waals surface area (Å²) >= 11 is 0. The van der Waals surface area contributed by atoms with E-state index < -0.39 is 23.6 Å². The van der Waals surface area contributed by atoms with Gasteiger partial charge in [-0.3, -0.25) is 19.1 Å². The van der Waals surface area contributed by atoms with E-state index in [1.807, 2.05) is 48.5 Å². The van der Waals surface area contributed by atoms with Crippen LogP contribution in [0.4, 0.5) is 20.4 Å². The van der Waals surface area contributed by atoms with Crippen LogP contribution in [0.15, 0.2) is 66.7 Å². The van der Waals surface area contributed by atoms with Crippen LogP contribution in [0.25, 0.3) is 11.0 Å². The van der Waals surface area contributed by atoms with Crippen LogP contribution in [-0.2, 0) is 16.0 Å². The molecule has 0 radical (unpaired) electrons. The molecule has 1 N–H and O–H groups in total. The summed E-state index contributed by atoms with van der Waals surface area (Å²) < 4.78 is 33.7. The Hall–Kier alpha value is -4.27. The molecule has 0 aliphatic carbocycles. The first kappa shape index (κ1) is 22.5. The predicted octanol–water partition coefficient (Wildman–Crippen LogP) is 4.48. The number of methoxy groups -OCH3 is 1. The smallest absolute Gasteiger partial charge is 0.253 e. The normalized spacial score (nSPS) is 14.9. The number of para-hydroxylation sites is 2. The van der Waals surface area contributed by atoms with Gasteiger partial charge in [-0.2, -0.15) is 0 Å². The lowest BCUT2D eigenvalue weighted by atomic mass is 10.1. The van der Waals surface area contributed by atoms with Crippen LogP contribution in [0.3, 0.4) is 0 Å². The van der Waals surface area contributed by atoms with Crippen LogP contribution in [0.2, 0.25) is 0 Å². The van der Waals surface area contributed by atoms with Gasteiger partial charge in [0, 0.05) is 18.3 Å². The summed E-state index contributed by atoms with van der Waals surface area (Å²) in [6, 6.07) is 17.3. The van der Waals surface area contributed by atoms with Crippen molar-refractivity contribution in [2.75, 3.05) is 23.9 Å². The highest BCUT2D eigenvalue weighted by Crippen LogP contribution is 2.36. The minimum absolute atomic E-state index is 0.117. The molecule has 1 aliphatic rings. The molecule has 0 bridgehead atoms. The molecule has 2 amide bonds. The summed E-state index contributed by atoms with van der Waals surface area (Å²) in [6.07, 6.45) is 0.414. The molecule has 5 rings (SSSR count). The van der Waals surface area contributed by atoms with Gasteiger partial charge < -0.3 is 10.1 Å². The minimum Gasteiger partial charge on any atom is -0.497 e. The lowest BCUT2D eigenvalue weighted by molar-refractivity contribution is -0.124. The van der Waals surface area contributed by atoms with Crippen molar-refractivity contribution in [3.8, 4) is 5.75 Å². The maximum Gasteiger partial charge on any atom is 0.253 e. The Balaban J connectivity index is 1.39. The number of hydrogen-bond donors (Lipinski definition) is 1. The van der Waals surface area contributed by atoms with Gasteiger partial charge in [0.1, 0.15) is 11.8 Å². The molecule has 0 fully saturated rings. The first-order chi connectivity index (χ1) is 16.9. The van der Waals surface area contributed by atoms with E-state index in [0.29, 0.717) is 18.9 Å². The Morgan fingerprint density at radius 1 is 1.06 bits per heavy atom. The number of hydrogen-bond acceptors (Lipinski definition) is 4. The van der Waals surface area contributed by atoms with Gasteiger partial charge in [0.15, 0.2) is 11.6 Å². The second-order valence-corrected chi connectivity index (χ2v) is 8.26. The van der Waals surface area contributed by atoms with Gasteiger partial charge in [0.25, 0.3) is 5.91 Å². The van der Waals surface area contributed by atoms with Gasteiger partial charge in [0.05, 0.1) is 24.6 Å². The molecule has 7 nitrogen and oxygen atoms in total. The topological polar surface area (TPSA) is 76.5 Å². The predicted molar refractivity (Wildman–Crippen MR) is 127 cm³/mol. The van der Waals surface area contributed by atoms with Crippen molar-refractivity contribution in [2.45, 2.75) is 18.9 Å². The first-order valence-electron chi connectivity index (χ1n) is 11.1. The highest BCUT2D eigenvalue weighted by molar-refractivity contribution is 6.05. The summed E-state index contributed by atoms with van der Waals surface area (Å²) in [5.74, 6) is -1.57. The highest BCUT2D eigenvalue weighted by Gasteiger charge is 2.40. The van der Waals surface area contributed by atoms with Gasteiger partial charge in [0.2, 0.25) is 11.9 Å². The molecule has 2 heterocycles. The zero-order valence-electron chi connectivity index (χ0n) is 18.9. The SMILES string of the molecule is COc1ccc(CCN2C(=O)[C@H](CC(=O)Nc3ccc(F)c(F)c3)n3c2nc2ccccc23)cc1. The number of benzene rings is 3. The van der Waals surface area contributed by atoms with Crippen molar-refractivity contribution in [1.82, 2.24) is 9.55 Å². The number of ether oxygens (including phenoxy) is 1. The molecule has 35 heavy (non-hydrogen) atoms. The largest absolute Gasteiger partial charge is 0.497 e.